The summed E-state index contributed by atoms with van der Waals surface area (Å²) in [5.74, 6) is 0.0350. The summed E-state index contributed by atoms with van der Waals surface area (Å²) in [7, 11) is 0. The molecule has 0 bridgehead atoms. The Hall–Kier alpha value is -1.88. The number of carbonyl (C=O) groups is 2. The lowest BCUT2D eigenvalue weighted by Crippen LogP contribution is -2.30. The minimum absolute atomic E-state index is 0.00716. The molecule has 5 heteroatoms. The maximum atomic E-state index is 11.6. The average Bonchev–Trinajstić information content (AvgIpc) is 2.83. The van der Waals surface area contributed by atoms with Crippen molar-refractivity contribution in [2.24, 2.45) is 5.73 Å². The van der Waals surface area contributed by atoms with E-state index >= 15 is 0 Å². The van der Waals surface area contributed by atoms with Crippen LogP contribution in [-0.4, -0.2) is 29.8 Å². The second-order valence-corrected chi connectivity index (χ2v) is 4.67. The second-order valence-electron chi connectivity index (χ2n) is 4.67. The van der Waals surface area contributed by atoms with E-state index in [0.29, 0.717) is 19.5 Å². The number of nitrogens with zero attached hydrogens (tertiary/aromatic N) is 1. The quantitative estimate of drug-likeness (QED) is 0.805. The van der Waals surface area contributed by atoms with Gasteiger partial charge in [0.05, 0.1) is 6.54 Å². The summed E-state index contributed by atoms with van der Waals surface area (Å²) in [6.07, 6.45) is 1.58. The van der Waals surface area contributed by atoms with Gasteiger partial charge in [0.15, 0.2) is 0 Å². The van der Waals surface area contributed by atoms with E-state index in [9.17, 15) is 9.59 Å². The van der Waals surface area contributed by atoms with E-state index in [-0.39, 0.29) is 18.4 Å². The standard InChI is InChI=1S/C14H19N3O2/c15-8-13(18)16-9-11-4-1-2-5-12(11)10-17-7-3-6-14(17)19/h1-2,4-5H,3,6-10,15H2,(H,16,18). The van der Waals surface area contributed by atoms with Crippen LogP contribution in [0.5, 0.6) is 0 Å². The van der Waals surface area contributed by atoms with Gasteiger partial charge in [-0.1, -0.05) is 24.3 Å². The summed E-state index contributed by atoms with van der Waals surface area (Å²) < 4.78 is 0. The number of rotatable bonds is 5. The smallest absolute Gasteiger partial charge is 0.234 e. The van der Waals surface area contributed by atoms with Crippen LogP contribution in [0.2, 0.25) is 0 Å². The molecule has 0 aliphatic carbocycles. The number of hydrogen-bond acceptors (Lipinski definition) is 3. The van der Waals surface area contributed by atoms with Crippen LogP contribution in [-0.2, 0) is 22.7 Å². The van der Waals surface area contributed by atoms with E-state index in [2.05, 4.69) is 5.32 Å². The number of benzene rings is 1. The molecule has 0 aromatic heterocycles. The lowest BCUT2D eigenvalue weighted by atomic mass is 10.1. The first-order valence-electron chi connectivity index (χ1n) is 6.52. The Balaban J connectivity index is 2.03. The molecular weight excluding hydrogens is 242 g/mol. The Morgan fingerprint density at radius 2 is 2.05 bits per heavy atom. The van der Waals surface area contributed by atoms with Gasteiger partial charge >= 0.3 is 0 Å². The summed E-state index contributed by atoms with van der Waals surface area (Å²) in [5.41, 5.74) is 7.37. The molecule has 0 atom stereocenters. The molecular formula is C14H19N3O2. The third-order valence-corrected chi connectivity index (χ3v) is 3.31. The minimum atomic E-state index is -0.174. The van der Waals surface area contributed by atoms with Gasteiger partial charge in [-0.15, -0.1) is 0 Å². The highest BCUT2D eigenvalue weighted by Crippen LogP contribution is 2.17. The molecule has 0 unspecified atom stereocenters. The predicted octanol–water partition coefficient (Wildman–Crippen LogP) is 0.384. The lowest BCUT2D eigenvalue weighted by molar-refractivity contribution is -0.128. The fraction of sp³-hybridized carbons (Fsp3) is 0.429. The maximum Gasteiger partial charge on any atom is 0.234 e. The second kappa shape index (κ2) is 6.33. The molecule has 0 spiro atoms. The Bertz CT molecular complexity index is 474. The first-order valence-corrected chi connectivity index (χ1v) is 6.52. The molecule has 1 saturated heterocycles. The van der Waals surface area contributed by atoms with Gasteiger partial charge in [-0.05, 0) is 17.5 Å². The Kier molecular flexibility index (Phi) is 4.52. The number of likely N-dealkylation sites (tertiary alicyclic amines) is 1. The molecule has 3 N–H and O–H groups in total. The van der Waals surface area contributed by atoms with Crippen molar-refractivity contribution >= 4 is 11.8 Å². The average molecular weight is 261 g/mol. The molecule has 0 saturated carbocycles. The monoisotopic (exact) mass is 261 g/mol. The van der Waals surface area contributed by atoms with Gasteiger partial charge in [-0.2, -0.15) is 0 Å². The predicted molar refractivity (Wildman–Crippen MR) is 72.0 cm³/mol. The Labute approximate surface area is 112 Å². The molecule has 1 fully saturated rings. The van der Waals surface area contributed by atoms with E-state index in [1.54, 1.807) is 0 Å². The van der Waals surface area contributed by atoms with Gasteiger partial charge in [0, 0.05) is 26.1 Å². The van der Waals surface area contributed by atoms with Gasteiger partial charge in [-0.3, -0.25) is 9.59 Å². The maximum absolute atomic E-state index is 11.6. The van der Waals surface area contributed by atoms with Gasteiger partial charge in [0.25, 0.3) is 0 Å². The number of carbonyl (C=O) groups excluding carboxylic acids is 2. The van der Waals surface area contributed by atoms with Crippen LogP contribution in [0.1, 0.15) is 24.0 Å². The SMILES string of the molecule is NCC(=O)NCc1ccccc1CN1CCCC1=O. The van der Waals surface area contributed by atoms with Crippen molar-refractivity contribution in [1.82, 2.24) is 10.2 Å². The molecule has 19 heavy (non-hydrogen) atoms. The summed E-state index contributed by atoms with van der Waals surface area (Å²) >= 11 is 0. The molecule has 2 amide bonds. The first-order chi connectivity index (χ1) is 9.20. The van der Waals surface area contributed by atoms with E-state index in [1.807, 2.05) is 29.2 Å². The molecule has 2 rings (SSSR count). The van der Waals surface area contributed by atoms with Gasteiger partial charge in [-0.25, -0.2) is 0 Å². The van der Waals surface area contributed by atoms with Crippen LogP contribution in [0.15, 0.2) is 24.3 Å². The van der Waals surface area contributed by atoms with Crippen molar-refractivity contribution in [3.63, 3.8) is 0 Å². The summed E-state index contributed by atoms with van der Waals surface area (Å²) in [6, 6.07) is 7.84. The largest absolute Gasteiger partial charge is 0.351 e. The van der Waals surface area contributed by atoms with Crippen LogP contribution in [0.4, 0.5) is 0 Å². The third-order valence-electron chi connectivity index (χ3n) is 3.31. The molecule has 5 nitrogen and oxygen atoms in total. The number of hydrogen-bond donors (Lipinski definition) is 2. The van der Waals surface area contributed by atoms with E-state index in [1.165, 1.54) is 0 Å². The van der Waals surface area contributed by atoms with Crippen molar-refractivity contribution in [3.05, 3.63) is 35.4 Å². The van der Waals surface area contributed by atoms with Crippen molar-refractivity contribution in [2.45, 2.75) is 25.9 Å². The molecule has 1 aliphatic rings. The molecule has 0 radical (unpaired) electrons. The number of nitrogens with one attached hydrogen (secondary N) is 1. The topological polar surface area (TPSA) is 75.4 Å². The van der Waals surface area contributed by atoms with Crippen LogP contribution in [0, 0.1) is 0 Å². The third kappa shape index (κ3) is 3.54. The Morgan fingerprint density at radius 3 is 2.68 bits per heavy atom. The highest BCUT2D eigenvalue weighted by molar-refractivity contribution is 5.78. The van der Waals surface area contributed by atoms with Crippen LogP contribution in [0.3, 0.4) is 0 Å². The fourth-order valence-corrected chi connectivity index (χ4v) is 2.23. The first kappa shape index (κ1) is 13.5. The van der Waals surface area contributed by atoms with Crippen molar-refractivity contribution in [2.75, 3.05) is 13.1 Å². The van der Waals surface area contributed by atoms with Crippen LogP contribution in [0.25, 0.3) is 0 Å². The van der Waals surface area contributed by atoms with Gasteiger partial charge in [0.1, 0.15) is 0 Å². The minimum Gasteiger partial charge on any atom is -0.351 e. The molecule has 1 aromatic carbocycles. The highest BCUT2D eigenvalue weighted by Gasteiger charge is 2.20. The number of nitrogens with two attached hydrogens (primary N) is 1. The van der Waals surface area contributed by atoms with Crippen molar-refractivity contribution < 1.29 is 9.59 Å². The van der Waals surface area contributed by atoms with Crippen molar-refractivity contribution in [1.29, 1.82) is 0 Å². The summed E-state index contributed by atoms with van der Waals surface area (Å²) in [6.45, 7) is 1.89. The molecule has 1 heterocycles. The lowest BCUT2D eigenvalue weighted by Gasteiger charge is -2.18. The van der Waals surface area contributed by atoms with E-state index in [0.717, 1.165) is 24.1 Å². The number of amides is 2. The van der Waals surface area contributed by atoms with Crippen molar-refractivity contribution in [3.8, 4) is 0 Å². The van der Waals surface area contributed by atoms with Crippen LogP contribution >= 0.6 is 0 Å². The molecule has 1 aromatic rings. The van der Waals surface area contributed by atoms with E-state index < -0.39 is 0 Å². The zero-order valence-electron chi connectivity index (χ0n) is 10.9. The van der Waals surface area contributed by atoms with Gasteiger partial charge < -0.3 is 16.0 Å². The zero-order chi connectivity index (χ0) is 13.7. The molecule has 102 valence electrons. The zero-order valence-corrected chi connectivity index (χ0v) is 10.9. The van der Waals surface area contributed by atoms with Crippen LogP contribution < -0.4 is 11.1 Å². The summed E-state index contributed by atoms with van der Waals surface area (Å²) in [5, 5.41) is 2.76. The normalized spacial score (nSPS) is 14.8. The highest BCUT2D eigenvalue weighted by atomic mass is 16.2. The fourth-order valence-electron chi connectivity index (χ4n) is 2.23. The molecule has 1 aliphatic heterocycles. The Morgan fingerprint density at radius 1 is 1.32 bits per heavy atom. The summed E-state index contributed by atoms with van der Waals surface area (Å²) in [4.78, 5) is 24.7. The van der Waals surface area contributed by atoms with E-state index in [4.69, 9.17) is 5.73 Å². The van der Waals surface area contributed by atoms with Gasteiger partial charge in [0.2, 0.25) is 11.8 Å².